The first-order valence-electron chi connectivity index (χ1n) is 5.35. The lowest BCUT2D eigenvalue weighted by Gasteiger charge is -2.11. The third-order valence-corrected chi connectivity index (χ3v) is 3.18. The first kappa shape index (κ1) is 11.2. The van der Waals surface area contributed by atoms with E-state index < -0.39 is 0 Å². The molecule has 16 heavy (non-hydrogen) atoms. The van der Waals surface area contributed by atoms with Gasteiger partial charge in [0.1, 0.15) is 5.82 Å². The van der Waals surface area contributed by atoms with Gasteiger partial charge in [-0.1, -0.05) is 25.4 Å². The van der Waals surface area contributed by atoms with Crippen molar-refractivity contribution >= 4 is 28.3 Å². The molecule has 0 radical (unpaired) electrons. The molecule has 0 aliphatic heterocycles. The van der Waals surface area contributed by atoms with Crippen molar-refractivity contribution in [3.63, 3.8) is 0 Å². The summed E-state index contributed by atoms with van der Waals surface area (Å²) in [5, 5.41) is 1.83. The number of nitrogens with two attached hydrogens (primary N) is 1. The van der Waals surface area contributed by atoms with Crippen molar-refractivity contribution in [1.29, 1.82) is 0 Å². The van der Waals surface area contributed by atoms with Gasteiger partial charge in [0.05, 0.1) is 5.52 Å². The second-order valence-corrected chi connectivity index (χ2v) is 4.82. The molecule has 0 bridgehead atoms. The van der Waals surface area contributed by atoms with Crippen LogP contribution in [0.1, 0.15) is 30.9 Å². The Balaban J connectivity index is 2.74. The maximum Gasteiger partial charge on any atom is 0.127 e. The van der Waals surface area contributed by atoms with Crippen LogP contribution in [0.2, 0.25) is 5.02 Å². The third kappa shape index (κ3) is 1.85. The maximum absolute atomic E-state index is 6.06. The molecule has 0 aliphatic carbocycles. The lowest BCUT2D eigenvalue weighted by molar-refractivity contribution is 0.866. The Bertz CT molecular complexity index is 547. The first-order valence-corrected chi connectivity index (χ1v) is 5.73. The Morgan fingerprint density at radius 1 is 1.25 bits per heavy atom. The van der Waals surface area contributed by atoms with Crippen LogP contribution in [0.5, 0.6) is 0 Å². The van der Waals surface area contributed by atoms with E-state index in [1.54, 1.807) is 0 Å². The summed E-state index contributed by atoms with van der Waals surface area (Å²) >= 11 is 6.06. The molecule has 3 heteroatoms. The maximum atomic E-state index is 6.06. The standard InChI is InChI=1S/C13H15ClN2/c1-7(2)10-5-9-4-8(3)11(14)6-12(9)16-13(10)15/h4-7H,1-3H3,(H2,15,16). The largest absolute Gasteiger partial charge is 0.383 e. The average Bonchev–Trinajstić information content (AvgIpc) is 2.19. The fourth-order valence-corrected chi connectivity index (χ4v) is 1.96. The Kier molecular flexibility index (Phi) is 2.76. The van der Waals surface area contributed by atoms with Crippen molar-refractivity contribution in [2.75, 3.05) is 5.73 Å². The number of halogens is 1. The summed E-state index contributed by atoms with van der Waals surface area (Å²) in [7, 11) is 0. The molecule has 1 aromatic heterocycles. The number of hydrogen-bond acceptors (Lipinski definition) is 2. The van der Waals surface area contributed by atoms with Gasteiger partial charge < -0.3 is 5.73 Å². The van der Waals surface area contributed by atoms with E-state index in [2.05, 4.69) is 31.0 Å². The number of benzene rings is 1. The van der Waals surface area contributed by atoms with E-state index in [0.29, 0.717) is 11.7 Å². The summed E-state index contributed by atoms with van der Waals surface area (Å²) in [5.74, 6) is 0.982. The number of nitrogens with zero attached hydrogens (tertiary/aromatic N) is 1. The fraction of sp³-hybridized carbons (Fsp3) is 0.308. The van der Waals surface area contributed by atoms with Crippen LogP contribution in [-0.4, -0.2) is 4.98 Å². The topological polar surface area (TPSA) is 38.9 Å². The second kappa shape index (κ2) is 3.95. The van der Waals surface area contributed by atoms with Gasteiger partial charge >= 0.3 is 0 Å². The number of nitrogen functional groups attached to an aromatic ring is 1. The summed E-state index contributed by atoms with van der Waals surface area (Å²) in [6.07, 6.45) is 0. The lowest BCUT2D eigenvalue weighted by atomic mass is 10.0. The van der Waals surface area contributed by atoms with Crippen molar-refractivity contribution in [3.8, 4) is 0 Å². The Morgan fingerprint density at radius 2 is 1.94 bits per heavy atom. The van der Waals surface area contributed by atoms with E-state index in [9.17, 15) is 0 Å². The van der Waals surface area contributed by atoms with Gasteiger partial charge in [-0.25, -0.2) is 4.98 Å². The van der Waals surface area contributed by atoms with E-state index in [1.165, 1.54) is 0 Å². The fourth-order valence-electron chi connectivity index (χ4n) is 1.80. The monoisotopic (exact) mass is 234 g/mol. The molecule has 0 unspecified atom stereocenters. The quantitative estimate of drug-likeness (QED) is 0.813. The van der Waals surface area contributed by atoms with Gasteiger partial charge in [0.15, 0.2) is 0 Å². The minimum absolute atomic E-state index is 0.382. The molecule has 0 amide bonds. The third-order valence-electron chi connectivity index (χ3n) is 2.78. The molecule has 0 saturated carbocycles. The van der Waals surface area contributed by atoms with Crippen molar-refractivity contribution in [2.24, 2.45) is 0 Å². The van der Waals surface area contributed by atoms with E-state index in [1.807, 2.05) is 13.0 Å². The number of aryl methyl sites for hydroxylation is 1. The lowest BCUT2D eigenvalue weighted by Crippen LogP contribution is -2.00. The van der Waals surface area contributed by atoms with Crippen LogP contribution in [-0.2, 0) is 0 Å². The molecule has 1 aromatic carbocycles. The molecule has 2 aromatic rings. The minimum Gasteiger partial charge on any atom is -0.383 e. The molecule has 2 N–H and O–H groups in total. The van der Waals surface area contributed by atoms with Crippen LogP contribution in [0.4, 0.5) is 5.82 Å². The number of fused-ring (bicyclic) bond motifs is 1. The van der Waals surface area contributed by atoms with Crippen molar-refractivity contribution in [2.45, 2.75) is 26.7 Å². The van der Waals surface area contributed by atoms with Crippen LogP contribution in [0, 0.1) is 6.92 Å². The summed E-state index contributed by atoms with van der Waals surface area (Å²) in [6.45, 7) is 6.22. The predicted molar refractivity (Wildman–Crippen MR) is 70.0 cm³/mol. The average molecular weight is 235 g/mol. The molecular formula is C13H15ClN2. The number of anilines is 1. The molecular weight excluding hydrogens is 220 g/mol. The molecule has 2 rings (SSSR count). The summed E-state index contributed by atoms with van der Waals surface area (Å²) in [5.41, 5.74) is 8.94. The number of aromatic nitrogens is 1. The van der Waals surface area contributed by atoms with Crippen molar-refractivity contribution in [1.82, 2.24) is 4.98 Å². The van der Waals surface area contributed by atoms with Crippen LogP contribution in [0.25, 0.3) is 10.9 Å². The van der Waals surface area contributed by atoms with Crippen LogP contribution in [0.15, 0.2) is 18.2 Å². The molecule has 0 saturated heterocycles. The van der Waals surface area contributed by atoms with Gasteiger partial charge in [-0.15, -0.1) is 0 Å². The normalized spacial score (nSPS) is 11.3. The molecule has 84 valence electrons. The summed E-state index contributed by atoms with van der Waals surface area (Å²) < 4.78 is 0. The SMILES string of the molecule is Cc1cc2cc(C(C)C)c(N)nc2cc1Cl. The zero-order chi connectivity index (χ0) is 11.9. The van der Waals surface area contributed by atoms with Crippen LogP contribution in [0.3, 0.4) is 0 Å². The zero-order valence-electron chi connectivity index (χ0n) is 9.71. The van der Waals surface area contributed by atoms with Crippen LogP contribution >= 0.6 is 11.6 Å². The van der Waals surface area contributed by atoms with E-state index in [-0.39, 0.29) is 0 Å². The van der Waals surface area contributed by atoms with Crippen molar-refractivity contribution in [3.05, 3.63) is 34.3 Å². The Labute approximate surface area is 100 Å². The highest BCUT2D eigenvalue weighted by Gasteiger charge is 2.08. The predicted octanol–water partition coefficient (Wildman–Crippen LogP) is 3.90. The minimum atomic E-state index is 0.382. The van der Waals surface area contributed by atoms with Gasteiger partial charge in [-0.05, 0) is 42.2 Å². The van der Waals surface area contributed by atoms with E-state index in [0.717, 1.165) is 27.1 Å². The Hall–Kier alpha value is -1.28. The smallest absolute Gasteiger partial charge is 0.127 e. The highest BCUT2D eigenvalue weighted by Crippen LogP contribution is 2.28. The molecule has 0 aliphatic rings. The molecule has 1 heterocycles. The van der Waals surface area contributed by atoms with Crippen molar-refractivity contribution < 1.29 is 0 Å². The van der Waals surface area contributed by atoms with E-state index in [4.69, 9.17) is 17.3 Å². The number of rotatable bonds is 1. The second-order valence-electron chi connectivity index (χ2n) is 4.41. The number of pyridine rings is 1. The molecule has 0 atom stereocenters. The Morgan fingerprint density at radius 3 is 2.56 bits per heavy atom. The highest BCUT2D eigenvalue weighted by molar-refractivity contribution is 6.32. The molecule has 0 spiro atoms. The van der Waals surface area contributed by atoms with Gasteiger partial charge in [-0.2, -0.15) is 0 Å². The molecule has 2 nitrogen and oxygen atoms in total. The number of hydrogen-bond donors (Lipinski definition) is 1. The first-order chi connectivity index (χ1) is 7.49. The van der Waals surface area contributed by atoms with Gasteiger partial charge in [0.2, 0.25) is 0 Å². The summed E-state index contributed by atoms with van der Waals surface area (Å²) in [4.78, 5) is 4.39. The van der Waals surface area contributed by atoms with E-state index >= 15 is 0 Å². The summed E-state index contributed by atoms with van der Waals surface area (Å²) in [6, 6.07) is 6.02. The van der Waals surface area contributed by atoms with Gasteiger partial charge in [0.25, 0.3) is 0 Å². The van der Waals surface area contributed by atoms with Crippen LogP contribution < -0.4 is 5.73 Å². The van der Waals surface area contributed by atoms with Gasteiger partial charge in [-0.3, -0.25) is 0 Å². The highest BCUT2D eigenvalue weighted by atomic mass is 35.5. The molecule has 0 fully saturated rings. The zero-order valence-corrected chi connectivity index (χ0v) is 10.5. The van der Waals surface area contributed by atoms with Gasteiger partial charge in [0, 0.05) is 10.4 Å².